The largest absolute Gasteiger partial charge is 0.462 e. The number of anilines is 1. The lowest BCUT2D eigenvalue weighted by atomic mass is 9.94. The first-order valence-electron chi connectivity index (χ1n) is 11.8. The molecule has 35 heavy (non-hydrogen) atoms. The van der Waals surface area contributed by atoms with Gasteiger partial charge in [-0.2, -0.15) is 0 Å². The summed E-state index contributed by atoms with van der Waals surface area (Å²) in [7, 11) is 0. The Kier molecular flexibility index (Phi) is 7.90. The minimum absolute atomic E-state index is 0.138. The molecule has 2 aromatic carbocycles. The number of halogens is 1. The quantitative estimate of drug-likeness (QED) is 0.526. The highest BCUT2D eigenvalue weighted by Gasteiger charge is 2.38. The summed E-state index contributed by atoms with van der Waals surface area (Å²) in [4.78, 5) is 32.7. The summed E-state index contributed by atoms with van der Waals surface area (Å²) < 4.78 is 18.8. The van der Waals surface area contributed by atoms with Crippen LogP contribution in [0, 0.1) is 11.7 Å². The smallest absolute Gasteiger partial charge is 0.338 e. The van der Waals surface area contributed by atoms with Crippen molar-refractivity contribution in [2.24, 2.45) is 10.9 Å². The van der Waals surface area contributed by atoms with E-state index >= 15 is 0 Å². The molecule has 2 heterocycles. The molecular weight excluding hydrogens is 465 g/mol. The Labute approximate surface area is 209 Å². The molecule has 2 aliphatic heterocycles. The van der Waals surface area contributed by atoms with Crippen molar-refractivity contribution in [3.63, 3.8) is 0 Å². The number of fused-ring (bicyclic) bond motifs is 1. The normalized spacial score (nSPS) is 17.7. The van der Waals surface area contributed by atoms with Crippen molar-refractivity contribution in [1.82, 2.24) is 4.90 Å². The maximum absolute atomic E-state index is 13.2. The fraction of sp³-hybridized carbons (Fsp3) is 0.370. The van der Waals surface area contributed by atoms with E-state index in [-0.39, 0.29) is 36.1 Å². The fourth-order valence-electron chi connectivity index (χ4n) is 4.18. The third-order valence-electron chi connectivity index (χ3n) is 5.79. The standard InChI is InChI=1S/C27H30FN3O3S/c1-17(2)16-34-26(33)24-18(3)29-27-31(12-5-13-35-27)25(24)20-6-4-7-22(15-20)30-23(32)14-19-8-10-21(28)11-9-19/h4,6-11,15,17,25H,5,12-14,16H2,1-3H3,(H,30,32). The summed E-state index contributed by atoms with van der Waals surface area (Å²) >= 11 is 1.69. The van der Waals surface area contributed by atoms with Crippen molar-refractivity contribution in [3.8, 4) is 0 Å². The van der Waals surface area contributed by atoms with Crippen LogP contribution in [-0.4, -0.2) is 40.8 Å². The lowest BCUT2D eigenvalue weighted by molar-refractivity contribution is -0.141. The second-order valence-corrected chi connectivity index (χ2v) is 10.2. The lowest BCUT2D eigenvalue weighted by Crippen LogP contribution is -2.42. The molecule has 1 fully saturated rings. The van der Waals surface area contributed by atoms with E-state index in [1.807, 2.05) is 45.0 Å². The zero-order valence-corrected chi connectivity index (χ0v) is 21.0. The Bertz CT molecular complexity index is 1160. The summed E-state index contributed by atoms with van der Waals surface area (Å²) in [5.41, 5.74) is 3.44. The highest BCUT2D eigenvalue weighted by molar-refractivity contribution is 8.13. The van der Waals surface area contributed by atoms with E-state index in [0.29, 0.717) is 23.6 Å². The number of hydrogen-bond acceptors (Lipinski definition) is 6. The van der Waals surface area contributed by atoms with Crippen molar-refractivity contribution in [2.45, 2.75) is 39.7 Å². The third kappa shape index (κ3) is 6.11. The van der Waals surface area contributed by atoms with Crippen LogP contribution in [0.15, 0.2) is 64.8 Å². The van der Waals surface area contributed by atoms with Crippen molar-refractivity contribution in [2.75, 3.05) is 24.2 Å². The zero-order chi connectivity index (χ0) is 24.9. The van der Waals surface area contributed by atoms with Crippen molar-refractivity contribution in [1.29, 1.82) is 0 Å². The van der Waals surface area contributed by atoms with Gasteiger partial charge in [-0.3, -0.25) is 4.79 Å². The Morgan fingerprint density at radius 2 is 2.00 bits per heavy atom. The Hall–Kier alpha value is -3.13. The number of aliphatic imine (C=N–C) groups is 1. The minimum Gasteiger partial charge on any atom is -0.462 e. The number of amidine groups is 1. The topological polar surface area (TPSA) is 71.0 Å². The fourth-order valence-corrected chi connectivity index (χ4v) is 5.20. The molecule has 0 spiro atoms. The van der Waals surface area contributed by atoms with Crippen LogP contribution in [0.2, 0.25) is 0 Å². The van der Waals surface area contributed by atoms with E-state index in [1.54, 1.807) is 23.9 Å². The molecule has 6 nitrogen and oxygen atoms in total. The van der Waals surface area contributed by atoms with E-state index in [2.05, 4.69) is 10.2 Å². The second-order valence-electron chi connectivity index (χ2n) is 9.16. The first-order chi connectivity index (χ1) is 16.8. The number of amides is 1. The average molecular weight is 496 g/mol. The molecular formula is C27H30FN3O3S. The highest BCUT2D eigenvalue weighted by atomic mass is 32.2. The van der Waals surface area contributed by atoms with Crippen LogP contribution in [0.1, 0.15) is 44.4 Å². The number of benzene rings is 2. The number of thioether (sulfide) groups is 1. The van der Waals surface area contributed by atoms with Gasteiger partial charge >= 0.3 is 5.97 Å². The number of ether oxygens (including phenoxy) is 1. The van der Waals surface area contributed by atoms with Gasteiger partial charge in [0.1, 0.15) is 5.82 Å². The van der Waals surface area contributed by atoms with E-state index in [9.17, 15) is 14.0 Å². The molecule has 4 rings (SSSR count). The van der Waals surface area contributed by atoms with Gasteiger partial charge in [0.05, 0.1) is 30.3 Å². The van der Waals surface area contributed by atoms with Gasteiger partial charge in [-0.25, -0.2) is 14.2 Å². The number of carbonyl (C=O) groups is 2. The summed E-state index contributed by atoms with van der Waals surface area (Å²) in [5, 5.41) is 3.84. The molecule has 1 N–H and O–H groups in total. The van der Waals surface area contributed by atoms with E-state index in [1.165, 1.54) is 12.1 Å². The van der Waals surface area contributed by atoms with Crippen LogP contribution in [0.5, 0.6) is 0 Å². The van der Waals surface area contributed by atoms with Gasteiger partial charge < -0.3 is 15.0 Å². The molecule has 1 saturated heterocycles. The average Bonchev–Trinajstić information content (AvgIpc) is 2.83. The summed E-state index contributed by atoms with van der Waals surface area (Å²) in [5.74, 6) is 0.328. The first-order valence-corrected chi connectivity index (χ1v) is 12.8. The van der Waals surface area contributed by atoms with Crippen LogP contribution in [-0.2, 0) is 20.7 Å². The van der Waals surface area contributed by atoms with Crippen LogP contribution in [0.3, 0.4) is 0 Å². The third-order valence-corrected chi connectivity index (χ3v) is 6.87. The SMILES string of the molecule is CC1=C(C(=O)OCC(C)C)C(c2cccc(NC(=O)Cc3ccc(F)cc3)c2)N2CCCSC2=N1. The Balaban J connectivity index is 1.60. The molecule has 8 heteroatoms. The number of allylic oxidation sites excluding steroid dienone is 1. The number of esters is 1. The number of rotatable bonds is 7. The van der Waals surface area contributed by atoms with Crippen LogP contribution >= 0.6 is 11.8 Å². The van der Waals surface area contributed by atoms with Gasteiger partial charge in [0.2, 0.25) is 5.91 Å². The number of nitrogens with zero attached hydrogens (tertiary/aromatic N) is 2. The van der Waals surface area contributed by atoms with Crippen molar-refractivity contribution < 1.29 is 18.7 Å². The predicted octanol–water partition coefficient (Wildman–Crippen LogP) is 5.33. The number of nitrogens with one attached hydrogen (secondary N) is 1. The van der Waals surface area contributed by atoms with Crippen LogP contribution in [0.4, 0.5) is 10.1 Å². The zero-order valence-electron chi connectivity index (χ0n) is 20.2. The summed E-state index contributed by atoms with van der Waals surface area (Å²) in [6.07, 6.45) is 1.13. The monoisotopic (exact) mass is 495 g/mol. The summed E-state index contributed by atoms with van der Waals surface area (Å²) in [6.45, 7) is 6.98. The maximum Gasteiger partial charge on any atom is 0.338 e. The molecule has 2 aromatic rings. The van der Waals surface area contributed by atoms with Crippen LogP contribution < -0.4 is 5.32 Å². The van der Waals surface area contributed by atoms with Gasteiger partial charge in [0.25, 0.3) is 0 Å². The van der Waals surface area contributed by atoms with Gasteiger partial charge in [-0.1, -0.05) is 49.9 Å². The first kappa shape index (κ1) is 25.0. The van der Waals surface area contributed by atoms with Gasteiger partial charge in [0.15, 0.2) is 5.17 Å². The molecule has 1 atom stereocenters. The molecule has 0 aromatic heterocycles. The van der Waals surface area contributed by atoms with Gasteiger partial charge in [0, 0.05) is 18.0 Å². The molecule has 0 bridgehead atoms. The molecule has 1 unspecified atom stereocenters. The molecule has 0 aliphatic carbocycles. The maximum atomic E-state index is 13.2. The number of carbonyl (C=O) groups excluding carboxylic acids is 2. The highest BCUT2D eigenvalue weighted by Crippen LogP contribution is 2.40. The summed E-state index contributed by atoms with van der Waals surface area (Å²) in [6, 6.07) is 13.1. The van der Waals surface area contributed by atoms with E-state index in [0.717, 1.165) is 35.0 Å². The molecule has 184 valence electrons. The van der Waals surface area contributed by atoms with Crippen molar-refractivity contribution in [3.05, 3.63) is 76.7 Å². The van der Waals surface area contributed by atoms with E-state index in [4.69, 9.17) is 9.73 Å². The Morgan fingerprint density at radius 3 is 2.74 bits per heavy atom. The van der Waals surface area contributed by atoms with E-state index < -0.39 is 0 Å². The van der Waals surface area contributed by atoms with Crippen LogP contribution in [0.25, 0.3) is 0 Å². The van der Waals surface area contributed by atoms with Gasteiger partial charge in [-0.05, 0) is 54.7 Å². The molecule has 1 amide bonds. The predicted molar refractivity (Wildman–Crippen MR) is 138 cm³/mol. The van der Waals surface area contributed by atoms with Gasteiger partial charge in [-0.15, -0.1) is 0 Å². The second kappa shape index (κ2) is 11.1. The van der Waals surface area contributed by atoms with Crippen molar-refractivity contribution >= 4 is 34.5 Å². The Morgan fingerprint density at radius 1 is 1.23 bits per heavy atom. The minimum atomic E-state index is -0.356. The molecule has 0 saturated carbocycles. The number of hydrogen-bond donors (Lipinski definition) is 1. The lowest BCUT2D eigenvalue weighted by Gasteiger charge is -2.40. The molecule has 0 radical (unpaired) electrons. The molecule has 2 aliphatic rings.